The summed E-state index contributed by atoms with van der Waals surface area (Å²) in [7, 11) is 3.44. The van der Waals surface area contributed by atoms with Gasteiger partial charge in [-0.15, -0.1) is 0 Å². The number of hydrogen-bond donors (Lipinski definition) is 3. The van der Waals surface area contributed by atoms with Crippen LogP contribution in [0.15, 0.2) is 24.3 Å². The number of methoxy groups -OCH3 is 1. The third-order valence-corrected chi connectivity index (χ3v) is 2.93. The van der Waals surface area contributed by atoms with Gasteiger partial charge in [0.05, 0.1) is 13.7 Å². The maximum Gasteiger partial charge on any atom is 0.239 e. The number of hydrogen-bond acceptors (Lipinski definition) is 4. The molecule has 0 saturated heterocycles. The zero-order valence-electron chi connectivity index (χ0n) is 12.6. The van der Waals surface area contributed by atoms with Crippen molar-refractivity contribution in [3.63, 3.8) is 0 Å². The summed E-state index contributed by atoms with van der Waals surface area (Å²) in [5.74, 6) is 0.469. The quantitative estimate of drug-likeness (QED) is 0.577. The zero-order chi connectivity index (χ0) is 15.5. The Morgan fingerprint density at radius 3 is 2.43 bits per heavy atom. The van der Waals surface area contributed by atoms with Crippen LogP contribution in [-0.2, 0) is 16.1 Å². The molecule has 0 spiro atoms. The fourth-order valence-corrected chi connectivity index (χ4v) is 1.70. The summed E-state index contributed by atoms with van der Waals surface area (Å²) in [5, 5.41) is 8.32. The molecule has 1 aromatic carbocycles. The van der Waals surface area contributed by atoms with Crippen molar-refractivity contribution in [1.29, 1.82) is 0 Å². The van der Waals surface area contributed by atoms with E-state index < -0.39 is 0 Å². The van der Waals surface area contributed by atoms with E-state index >= 15 is 0 Å². The van der Waals surface area contributed by atoms with Crippen LogP contribution in [0.25, 0.3) is 0 Å². The van der Waals surface area contributed by atoms with Crippen LogP contribution in [0.1, 0.15) is 18.4 Å². The standard InChI is InChI=1S/C15H23N3O3/c1-16-9-3-4-14(19)18-11-15(20)17-10-12-5-7-13(21-2)8-6-12/h5-8,16H,3-4,9-11H2,1-2H3,(H,17,20)(H,18,19). The summed E-state index contributed by atoms with van der Waals surface area (Å²) in [6.45, 7) is 1.23. The monoisotopic (exact) mass is 293 g/mol. The Labute approximate surface area is 125 Å². The normalized spacial score (nSPS) is 10.0. The second kappa shape index (κ2) is 9.77. The summed E-state index contributed by atoms with van der Waals surface area (Å²) < 4.78 is 5.06. The van der Waals surface area contributed by atoms with E-state index in [4.69, 9.17) is 4.74 Å². The van der Waals surface area contributed by atoms with Gasteiger partial charge in [0.2, 0.25) is 11.8 Å². The lowest BCUT2D eigenvalue weighted by atomic mass is 10.2. The van der Waals surface area contributed by atoms with Gasteiger partial charge in [-0.05, 0) is 37.7 Å². The van der Waals surface area contributed by atoms with E-state index in [2.05, 4.69) is 16.0 Å². The van der Waals surface area contributed by atoms with Crippen molar-refractivity contribution in [2.75, 3.05) is 27.2 Å². The highest BCUT2D eigenvalue weighted by Crippen LogP contribution is 2.10. The van der Waals surface area contributed by atoms with Gasteiger partial charge in [-0.3, -0.25) is 9.59 Å². The van der Waals surface area contributed by atoms with Crippen molar-refractivity contribution in [3.8, 4) is 5.75 Å². The molecule has 1 rings (SSSR count). The summed E-state index contributed by atoms with van der Waals surface area (Å²) in [6.07, 6.45) is 1.18. The Morgan fingerprint density at radius 1 is 1.10 bits per heavy atom. The van der Waals surface area contributed by atoms with Gasteiger partial charge in [-0.25, -0.2) is 0 Å². The van der Waals surface area contributed by atoms with Crippen LogP contribution in [0.2, 0.25) is 0 Å². The molecule has 0 aliphatic rings. The van der Waals surface area contributed by atoms with Crippen molar-refractivity contribution in [2.24, 2.45) is 0 Å². The van der Waals surface area contributed by atoms with E-state index in [1.54, 1.807) is 7.11 Å². The molecular weight excluding hydrogens is 270 g/mol. The van der Waals surface area contributed by atoms with Gasteiger partial charge in [0.1, 0.15) is 5.75 Å². The fourth-order valence-electron chi connectivity index (χ4n) is 1.70. The topological polar surface area (TPSA) is 79.5 Å². The van der Waals surface area contributed by atoms with Crippen LogP contribution in [0.5, 0.6) is 5.75 Å². The molecule has 0 aromatic heterocycles. The van der Waals surface area contributed by atoms with Crippen molar-refractivity contribution >= 4 is 11.8 Å². The molecule has 0 atom stereocenters. The van der Waals surface area contributed by atoms with Crippen molar-refractivity contribution in [1.82, 2.24) is 16.0 Å². The van der Waals surface area contributed by atoms with Gasteiger partial charge in [0.15, 0.2) is 0 Å². The number of benzene rings is 1. The van der Waals surface area contributed by atoms with E-state index in [1.165, 1.54) is 0 Å². The highest BCUT2D eigenvalue weighted by Gasteiger charge is 2.05. The minimum Gasteiger partial charge on any atom is -0.497 e. The van der Waals surface area contributed by atoms with Gasteiger partial charge in [-0.2, -0.15) is 0 Å². The Balaban J connectivity index is 2.19. The molecule has 0 fully saturated rings. The largest absolute Gasteiger partial charge is 0.497 e. The summed E-state index contributed by atoms with van der Waals surface area (Å²) in [4.78, 5) is 23.0. The van der Waals surface area contributed by atoms with Gasteiger partial charge >= 0.3 is 0 Å². The second-order valence-electron chi connectivity index (χ2n) is 4.61. The van der Waals surface area contributed by atoms with E-state index in [0.717, 1.165) is 24.3 Å². The molecule has 0 heterocycles. The molecule has 21 heavy (non-hydrogen) atoms. The maximum absolute atomic E-state index is 11.6. The number of rotatable bonds is 9. The summed E-state index contributed by atoms with van der Waals surface area (Å²) in [5.41, 5.74) is 0.976. The van der Waals surface area contributed by atoms with E-state index in [9.17, 15) is 9.59 Å². The van der Waals surface area contributed by atoms with Crippen LogP contribution >= 0.6 is 0 Å². The predicted octanol–water partition coefficient (Wildman–Crippen LogP) is 0.427. The molecule has 0 saturated carbocycles. The first-order chi connectivity index (χ1) is 10.2. The smallest absolute Gasteiger partial charge is 0.239 e. The molecule has 0 aliphatic heterocycles. The third kappa shape index (κ3) is 7.31. The maximum atomic E-state index is 11.6. The van der Waals surface area contributed by atoms with E-state index in [-0.39, 0.29) is 18.4 Å². The fraction of sp³-hybridized carbons (Fsp3) is 0.467. The molecule has 2 amide bonds. The zero-order valence-corrected chi connectivity index (χ0v) is 12.6. The van der Waals surface area contributed by atoms with Crippen LogP contribution < -0.4 is 20.7 Å². The SMILES string of the molecule is CNCCCC(=O)NCC(=O)NCc1ccc(OC)cc1. The van der Waals surface area contributed by atoms with Crippen LogP contribution in [0.4, 0.5) is 0 Å². The highest BCUT2D eigenvalue weighted by molar-refractivity contribution is 5.84. The van der Waals surface area contributed by atoms with E-state index in [0.29, 0.717) is 13.0 Å². The molecule has 0 radical (unpaired) electrons. The number of ether oxygens (including phenoxy) is 1. The minimum absolute atomic E-state index is 0.00847. The van der Waals surface area contributed by atoms with Crippen molar-refractivity contribution in [2.45, 2.75) is 19.4 Å². The molecule has 3 N–H and O–H groups in total. The average molecular weight is 293 g/mol. The first kappa shape index (κ1) is 17.0. The Morgan fingerprint density at radius 2 is 1.81 bits per heavy atom. The first-order valence-corrected chi connectivity index (χ1v) is 6.96. The van der Waals surface area contributed by atoms with Gasteiger partial charge < -0.3 is 20.7 Å². The minimum atomic E-state index is -0.201. The Bertz CT molecular complexity index is 446. The molecule has 6 heteroatoms. The Kier molecular flexibility index (Phi) is 7.89. The van der Waals surface area contributed by atoms with E-state index in [1.807, 2.05) is 31.3 Å². The third-order valence-electron chi connectivity index (χ3n) is 2.93. The molecule has 1 aromatic rings. The van der Waals surface area contributed by atoms with Gasteiger partial charge in [0, 0.05) is 13.0 Å². The lowest BCUT2D eigenvalue weighted by Gasteiger charge is -2.07. The van der Waals surface area contributed by atoms with Gasteiger partial charge in [-0.1, -0.05) is 12.1 Å². The van der Waals surface area contributed by atoms with Crippen molar-refractivity contribution < 1.29 is 14.3 Å². The molecular formula is C15H23N3O3. The molecule has 116 valence electrons. The van der Waals surface area contributed by atoms with Crippen molar-refractivity contribution in [3.05, 3.63) is 29.8 Å². The number of amides is 2. The van der Waals surface area contributed by atoms with Crippen LogP contribution in [0, 0.1) is 0 Å². The molecule has 0 aliphatic carbocycles. The number of nitrogens with one attached hydrogen (secondary N) is 3. The lowest BCUT2D eigenvalue weighted by Crippen LogP contribution is -2.36. The number of carbonyl (C=O) groups excluding carboxylic acids is 2. The molecule has 0 unspecified atom stereocenters. The second-order valence-corrected chi connectivity index (χ2v) is 4.61. The molecule has 6 nitrogen and oxygen atoms in total. The summed E-state index contributed by atoms with van der Waals surface area (Å²) in [6, 6.07) is 7.45. The average Bonchev–Trinajstić information content (AvgIpc) is 2.51. The Hall–Kier alpha value is -2.08. The summed E-state index contributed by atoms with van der Waals surface area (Å²) >= 11 is 0. The van der Waals surface area contributed by atoms with Gasteiger partial charge in [0.25, 0.3) is 0 Å². The highest BCUT2D eigenvalue weighted by atomic mass is 16.5. The van der Waals surface area contributed by atoms with Crippen LogP contribution in [0.3, 0.4) is 0 Å². The van der Waals surface area contributed by atoms with Crippen LogP contribution in [-0.4, -0.2) is 39.1 Å². The lowest BCUT2D eigenvalue weighted by molar-refractivity contribution is -0.126. The first-order valence-electron chi connectivity index (χ1n) is 6.96. The molecule has 0 bridgehead atoms. The number of carbonyl (C=O) groups is 2. The predicted molar refractivity (Wildman–Crippen MR) is 81.0 cm³/mol.